The van der Waals surface area contributed by atoms with Gasteiger partial charge in [-0.1, -0.05) is 12.8 Å². The molecule has 18 heavy (non-hydrogen) atoms. The number of likely N-dealkylation sites (tertiary alicyclic amines) is 1. The van der Waals surface area contributed by atoms with Crippen LogP contribution in [0.25, 0.3) is 0 Å². The van der Waals surface area contributed by atoms with Crippen molar-refractivity contribution < 1.29 is 4.74 Å². The monoisotopic (exact) mass is 254 g/mol. The van der Waals surface area contributed by atoms with Crippen molar-refractivity contribution >= 4 is 0 Å². The van der Waals surface area contributed by atoms with Gasteiger partial charge in [-0.15, -0.1) is 0 Å². The van der Waals surface area contributed by atoms with Crippen molar-refractivity contribution in [2.24, 2.45) is 5.73 Å². The van der Waals surface area contributed by atoms with E-state index in [1.54, 1.807) is 0 Å². The molecule has 2 saturated heterocycles. The highest BCUT2D eigenvalue weighted by molar-refractivity contribution is 4.99. The van der Waals surface area contributed by atoms with Gasteiger partial charge < -0.3 is 10.5 Å². The minimum Gasteiger partial charge on any atom is -0.375 e. The summed E-state index contributed by atoms with van der Waals surface area (Å²) in [6.45, 7) is 8.77. The third-order valence-corrected chi connectivity index (χ3v) is 4.84. The molecule has 2 fully saturated rings. The van der Waals surface area contributed by atoms with Crippen LogP contribution in [0, 0.1) is 0 Å². The largest absolute Gasteiger partial charge is 0.375 e. The molecule has 3 atom stereocenters. The number of rotatable bonds is 2. The standard InChI is InChI=1S/C15H30N2O/c1-12-7-5-4-6-8-17(12)15(11-16)9-13(2)18-14(3)10-15/h12-14H,4-11,16H2,1-3H3. The molecular weight excluding hydrogens is 224 g/mol. The van der Waals surface area contributed by atoms with Gasteiger partial charge in [0.25, 0.3) is 0 Å². The zero-order chi connectivity index (χ0) is 13.2. The van der Waals surface area contributed by atoms with Gasteiger partial charge in [-0.05, 0) is 53.0 Å². The average molecular weight is 254 g/mol. The molecule has 3 heteroatoms. The first-order chi connectivity index (χ1) is 8.57. The Morgan fingerprint density at radius 1 is 1.11 bits per heavy atom. The molecule has 3 nitrogen and oxygen atoms in total. The Balaban J connectivity index is 2.18. The molecule has 0 aromatic carbocycles. The van der Waals surface area contributed by atoms with E-state index in [0.717, 1.165) is 19.4 Å². The van der Waals surface area contributed by atoms with Gasteiger partial charge in [0.05, 0.1) is 12.2 Å². The number of ether oxygens (including phenoxy) is 1. The minimum absolute atomic E-state index is 0.181. The Hall–Kier alpha value is -0.120. The highest BCUT2D eigenvalue weighted by Gasteiger charge is 2.43. The van der Waals surface area contributed by atoms with E-state index in [4.69, 9.17) is 10.5 Å². The van der Waals surface area contributed by atoms with Gasteiger partial charge >= 0.3 is 0 Å². The molecule has 0 aliphatic carbocycles. The molecule has 0 amide bonds. The maximum Gasteiger partial charge on any atom is 0.0568 e. The molecule has 3 unspecified atom stereocenters. The van der Waals surface area contributed by atoms with Gasteiger partial charge in [0.1, 0.15) is 0 Å². The number of nitrogens with zero attached hydrogens (tertiary/aromatic N) is 1. The average Bonchev–Trinajstić information content (AvgIpc) is 2.52. The van der Waals surface area contributed by atoms with E-state index in [1.165, 1.54) is 32.2 Å². The fourth-order valence-electron chi connectivity index (χ4n) is 4.14. The summed E-state index contributed by atoms with van der Waals surface area (Å²) in [4.78, 5) is 2.72. The first-order valence-corrected chi connectivity index (χ1v) is 7.70. The lowest BCUT2D eigenvalue weighted by Crippen LogP contribution is -2.62. The summed E-state index contributed by atoms with van der Waals surface area (Å²) in [7, 11) is 0. The number of hydrogen-bond donors (Lipinski definition) is 1. The molecule has 2 rings (SSSR count). The van der Waals surface area contributed by atoms with Crippen molar-refractivity contribution in [3.8, 4) is 0 Å². The van der Waals surface area contributed by atoms with Crippen molar-refractivity contribution in [3.63, 3.8) is 0 Å². The highest BCUT2D eigenvalue weighted by atomic mass is 16.5. The molecular formula is C15H30N2O. The van der Waals surface area contributed by atoms with E-state index in [0.29, 0.717) is 18.2 Å². The summed E-state index contributed by atoms with van der Waals surface area (Å²) < 4.78 is 5.92. The van der Waals surface area contributed by atoms with Gasteiger partial charge in [-0.3, -0.25) is 4.90 Å². The topological polar surface area (TPSA) is 38.5 Å². The van der Waals surface area contributed by atoms with Crippen LogP contribution < -0.4 is 5.73 Å². The molecule has 106 valence electrons. The maximum absolute atomic E-state index is 6.21. The quantitative estimate of drug-likeness (QED) is 0.823. The normalized spacial score (nSPS) is 43.7. The van der Waals surface area contributed by atoms with Crippen LogP contribution in [0.5, 0.6) is 0 Å². The molecule has 0 saturated carbocycles. The van der Waals surface area contributed by atoms with Crippen LogP contribution in [0.2, 0.25) is 0 Å². The Labute approximate surface area is 112 Å². The van der Waals surface area contributed by atoms with E-state index in [-0.39, 0.29) is 5.54 Å². The summed E-state index contributed by atoms with van der Waals surface area (Å²) in [5.41, 5.74) is 6.39. The number of nitrogens with two attached hydrogens (primary N) is 1. The van der Waals surface area contributed by atoms with Gasteiger partial charge in [-0.25, -0.2) is 0 Å². The first-order valence-electron chi connectivity index (χ1n) is 7.70. The second-order valence-corrected chi connectivity index (χ2v) is 6.49. The van der Waals surface area contributed by atoms with Crippen molar-refractivity contribution in [1.29, 1.82) is 0 Å². The lowest BCUT2D eigenvalue weighted by Gasteiger charge is -2.51. The molecule has 2 heterocycles. The van der Waals surface area contributed by atoms with E-state index in [2.05, 4.69) is 25.7 Å². The van der Waals surface area contributed by atoms with Crippen LogP contribution in [0.15, 0.2) is 0 Å². The molecule has 0 aromatic rings. The highest BCUT2D eigenvalue weighted by Crippen LogP contribution is 2.36. The lowest BCUT2D eigenvalue weighted by atomic mass is 9.81. The predicted molar refractivity (Wildman–Crippen MR) is 75.7 cm³/mol. The number of hydrogen-bond acceptors (Lipinski definition) is 3. The SMILES string of the molecule is CC1CC(CN)(N2CCCCCC2C)CC(C)O1. The molecule has 0 radical (unpaired) electrons. The zero-order valence-electron chi connectivity index (χ0n) is 12.3. The Morgan fingerprint density at radius 3 is 2.39 bits per heavy atom. The minimum atomic E-state index is 0.181. The Bertz CT molecular complexity index is 259. The second kappa shape index (κ2) is 5.89. The first kappa shape index (κ1) is 14.3. The van der Waals surface area contributed by atoms with Crippen molar-refractivity contribution in [3.05, 3.63) is 0 Å². The van der Waals surface area contributed by atoms with Gasteiger partial charge in [-0.2, -0.15) is 0 Å². The molecule has 0 aromatic heterocycles. The summed E-state index contributed by atoms with van der Waals surface area (Å²) >= 11 is 0. The van der Waals surface area contributed by atoms with E-state index < -0.39 is 0 Å². The summed E-state index contributed by atoms with van der Waals surface area (Å²) in [6.07, 6.45) is 8.28. The van der Waals surface area contributed by atoms with Crippen molar-refractivity contribution in [2.75, 3.05) is 13.1 Å². The molecule has 2 N–H and O–H groups in total. The van der Waals surface area contributed by atoms with Crippen LogP contribution in [-0.2, 0) is 4.74 Å². The summed E-state index contributed by atoms with van der Waals surface area (Å²) in [5.74, 6) is 0. The van der Waals surface area contributed by atoms with E-state index >= 15 is 0 Å². The third kappa shape index (κ3) is 2.89. The maximum atomic E-state index is 6.21. The van der Waals surface area contributed by atoms with E-state index in [1.807, 2.05) is 0 Å². The molecule has 2 aliphatic heterocycles. The molecule has 2 aliphatic rings. The summed E-state index contributed by atoms with van der Waals surface area (Å²) in [5, 5.41) is 0. The molecule has 0 bridgehead atoms. The van der Waals surface area contributed by atoms with Gasteiger partial charge in [0.2, 0.25) is 0 Å². The second-order valence-electron chi connectivity index (χ2n) is 6.49. The summed E-state index contributed by atoms with van der Waals surface area (Å²) in [6, 6.07) is 0.675. The van der Waals surface area contributed by atoms with Crippen LogP contribution in [-0.4, -0.2) is 41.8 Å². The third-order valence-electron chi connectivity index (χ3n) is 4.84. The zero-order valence-corrected chi connectivity index (χ0v) is 12.3. The fourth-order valence-corrected chi connectivity index (χ4v) is 4.14. The fraction of sp³-hybridized carbons (Fsp3) is 1.00. The van der Waals surface area contributed by atoms with Crippen molar-refractivity contribution in [2.45, 2.75) is 83.1 Å². The lowest BCUT2D eigenvalue weighted by molar-refractivity contribution is -0.111. The van der Waals surface area contributed by atoms with Crippen LogP contribution in [0.1, 0.15) is 59.3 Å². The van der Waals surface area contributed by atoms with Gasteiger partial charge in [0.15, 0.2) is 0 Å². The smallest absolute Gasteiger partial charge is 0.0568 e. The van der Waals surface area contributed by atoms with Gasteiger partial charge in [0, 0.05) is 18.1 Å². The predicted octanol–water partition coefficient (Wildman–Crippen LogP) is 2.54. The Kier molecular flexibility index (Phi) is 4.68. The van der Waals surface area contributed by atoms with Crippen LogP contribution >= 0.6 is 0 Å². The Morgan fingerprint density at radius 2 is 1.78 bits per heavy atom. The molecule has 0 spiro atoms. The van der Waals surface area contributed by atoms with Crippen LogP contribution in [0.3, 0.4) is 0 Å². The van der Waals surface area contributed by atoms with Crippen molar-refractivity contribution in [1.82, 2.24) is 4.90 Å². The van der Waals surface area contributed by atoms with Crippen LogP contribution in [0.4, 0.5) is 0 Å². The van der Waals surface area contributed by atoms with E-state index in [9.17, 15) is 0 Å².